The molecule has 0 radical (unpaired) electrons. The van der Waals surface area contributed by atoms with Crippen LogP contribution in [0.5, 0.6) is 0 Å². The second kappa shape index (κ2) is 6.47. The number of nitrogens with one attached hydrogen (secondary N) is 1. The number of carbonyl (C=O) groups excluding carboxylic acids is 1. The standard InChI is InChI=1S/C18H13F3N6O2/c19-12-3-1-2-9-6-11(25-27(9)12)15-13-10(22-7-23-13)4-5-26(15)18(28)16-14(17(20)21)24-8-29-16/h1-3,6-8,15,17H,4-5H2,(H,22,23). The summed E-state index contributed by atoms with van der Waals surface area (Å²) in [6.45, 7) is 0.207. The summed E-state index contributed by atoms with van der Waals surface area (Å²) < 4.78 is 46.6. The van der Waals surface area contributed by atoms with Crippen LogP contribution in [0.3, 0.4) is 0 Å². The molecule has 0 aliphatic carbocycles. The maximum atomic E-state index is 14.1. The highest BCUT2D eigenvalue weighted by Crippen LogP contribution is 2.35. The van der Waals surface area contributed by atoms with E-state index in [4.69, 9.17) is 4.42 Å². The lowest BCUT2D eigenvalue weighted by Gasteiger charge is -2.33. The minimum atomic E-state index is -2.96. The molecule has 0 aromatic carbocycles. The Hall–Kier alpha value is -3.63. The molecule has 4 aromatic rings. The minimum absolute atomic E-state index is 0.207. The van der Waals surface area contributed by atoms with Crippen molar-refractivity contribution in [2.75, 3.05) is 6.54 Å². The third-order valence-corrected chi connectivity index (χ3v) is 4.92. The van der Waals surface area contributed by atoms with Gasteiger partial charge in [-0.05, 0) is 18.2 Å². The predicted molar refractivity (Wildman–Crippen MR) is 91.8 cm³/mol. The SMILES string of the molecule is O=C(c1ocnc1C(F)F)N1CCc2[nH]cnc2C1c1cc2cccc(F)n2n1. The smallest absolute Gasteiger partial charge is 0.292 e. The molecule has 5 heterocycles. The first kappa shape index (κ1) is 17.5. The van der Waals surface area contributed by atoms with Gasteiger partial charge in [-0.15, -0.1) is 0 Å². The predicted octanol–water partition coefficient (Wildman–Crippen LogP) is 2.91. The second-order valence-electron chi connectivity index (χ2n) is 6.54. The lowest BCUT2D eigenvalue weighted by Crippen LogP contribution is -2.41. The Morgan fingerprint density at radius 1 is 1.31 bits per heavy atom. The van der Waals surface area contributed by atoms with Crippen LogP contribution in [0, 0.1) is 5.95 Å². The summed E-state index contributed by atoms with van der Waals surface area (Å²) in [5.74, 6) is -1.85. The van der Waals surface area contributed by atoms with Crippen molar-refractivity contribution in [1.82, 2.24) is 29.5 Å². The maximum absolute atomic E-state index is 14.1. The number of H-pyrrole nitrogens is 1. The number of rotatable bonds is 3. The van der Waals surface area contributed by atoms with E-state index in [0.29, 0.717) is 23.3 Å². The molecule has 8 nitrogen and oxygen atoms in total. The highest BCUT2D eigenvalue weighted by atomic mass is 19.3. The first-order valence-corrected chi connectivity index (χ1v) is 8.73. The minimum Gasteiger partial charge on any atom is -0.438 e. The van der Waals surface area contributed by atoms with Gasteiger partial charge in [-0.25, -0.2) is 23.3 Å². The number of nitrogens with zero attached hydrogens (tertiary/aromatic N) is 5. The molecule has 1 amide bonds. The van der Waals surface area contributed by atoms with Crippen molar-refractivity contribution in [2.24, 2.45) is 0 Å². The number of oxazole rings is 1. The molecule has 29 heavy (non-hydrogen) atoms. The fourth-order valence-corrected chi connectivity index (χ4v) is 3.63. The first-order valence-electron chi connectivity index (χ1n) is 8.73. The summed E-state index contributed by atoms with van der Waals surface area (Å²) in [4.78, 5) is 25.2. The summed E-state index contributed by atoms with van der Waals surface area (Å²) in [6, 6.07) is 5.31. The normalized spacial score (nSPS) is 16.6. The quantitative estimate of drug-likeness (QED) is 0.532. The van der Waals surface area contributed by atoms with Crippen molar-refractivity contribution in [3.05, 3.63) is 71.5 Å². The van der Waals surface area contributed by atoms with Crippen LogP contribution in [0.1, 0.15) is 45.8 Å². The molecule has 1 aliphatic rings. The molecule has 4 aromatic heterocycles. The zero-order chi connectivity index (χ0) is 20.1. The highest BCUT2D eigenvalue weighted by Gasteiger charge is 2.39. The van der Waals surface area contributed by atoms with Crippen LogP contribution in [-0.4, -0.2) is 41.9 Å². The molecule has 1 unspecified atom stereocenters. The van der Waals surface area contributed by atoms with Crippen molar-refractivity contribution >= 4 is 11.4 Å². The van der Waals surface area contributed by atoms with Crippen LogP contribution >= 0.6 is 0 Å². The zero-order valence-corrected chi connectivity index (χ0v) is 14.7. The van der Waals surface area contributed by atoms with Gasteiger partial charge in [0.05, 0.1) is 23.2 Å². The summed E-state index contributed by atoms with van der Waals surface area (Å²) in [5, 5.41) is 4.29. The Kier molecular flexibility index (Phi) is 3.89. The van der Waals surface area contributed by atoms with Crippen LogP contribution in [0.4, 0.5) is 13.2 Å². The van der Waals surface area contributed by atoms with E-state index < -0.39 is 35.8 Å². The van der Waals surface area contributed by atoms with Crippen LogP contribution in [0.15, 0.2) is 41.4 Å². The molecule has 0 fully saturated rings. The third-order valence-electron chi connectivity index (χ3n) is 4.92. The van der Waals surface area contributed by atoms with Gasteiger partial charge in [-0.1, -0.05) is 6.07 Å². The van der Waals surface area contributed by atoms with Crippen LogP contribution in [-0.2, 0) is 6.42 Å². The van der Waals surface area contributed by atoms with Gasteiger partial charge in [-0.3, -0.25) is 4.79 Å². The summed E-state index contributed by atoms with van der Waals surface area (Å²) in [7, 11) is 0. The van der Waals surface area contributed by atoms with E-state index in [2.05, 4.69) is 20.1 Å². The molecule has 1 aliphatic heterocycles. The number of halogens is 3. The fourth-order valence-electron chi connectivity index (χ4n) is 3.63. The highest BCUT2D eigenvalue weighted by molar-refractivity contribution is 5.93. The third kappa shape index (κ3) is 2.69. The van der Waals surface area contributed by atoms with E-state index in [1.807, 2.05) is 0 Å². The fraction of sp³-hybridized carbons (Fsp3) is 0.222. The van der Waals surface area contributed by atoms with Crippen LogP contribution < -0.4 is 0 Å². The van der Waals surface area contributed by atoms with Gasteiger partial charge in [0.15, 0.2) is 12.1 Å². The van der Waals surface area contributed by atoms with Crippen LogP contribution in [0.25, 0.3) is 5.52 Å². The molecular weight excluding hydrogens is 389 g/mol. The van der Waals surface area contributed by atoms with Crippen molar-refractivity contribution in [1.29, 1.82) is 0 Å². The number of pyridine rings is 1. The number of hydrogen-bond acceptors (Lipinski definition) is 5. The number of alkyl halides is 2. The first-order chi connectivity index (χ1) is 14.0. The number of carbonyl (C=O) groups is 1. The lowest BCUT2D eigenvalue weighted by molar-refractivity contribution is 0.0639. The van der Waals surface area contributed by atoms with Gasteiger partial charge < -0.3 is 14.3 Å². The van der Waals surface area contributed by atoms with E-state index in [-0.39, 0.29) is 6.54 Å². The van der Waals surface area contributed by atoms with Gasteiger partial charge in [-0.2, -0.15) is 9.49 Å². The van der Waals surface area contributed by atoms with E-state index in [0.717, 1.165) is 16.6 Å². The largest absolute Gasteiger partial charge is 0.438 e. The summed E-state index contributed by atoms with van der Waals surface area (Å²) in [6.07, 6.45) is -0.215. The molecule has 1 N–H and O–H groups in total. The molecule has 1 atom stereocenters. The van der Waals surface area contributed by atoms with Gasteiger partial charge in [0.1, 0.15) is 6.04 Å². The Morgan fingerprint density at radius 2 is 2.17 bits per heavy atom. The summed E-state index contributed by atoms with van der Waals surface area (Å²) >= 11 is 0. The number of aromatic amines is 1. The Labute approximate surface area is 161 Å². The number of aromatic nitrogens is 5. The van der Waals surface area contributed by atoms with E-state index in [1.165, 1.54) is 17.3 Å². The number of amides is 1. The summed E-state index contributed by atoms with van der Waals surface area (Å²) in [5.41, 5.74) is 1.44. The lowest BCUT2D eigenvalue weighted by atomic mass is 9.99. The molecule has 0 saturated carbocycles. The van der Waals surface area contributed by atoms with E-state index in [9.17, 15) is 18.0 Å². The number of fused-ring (bicyclic) bond motifs is 2. The van der Waals surface area contributed by atoms with Crippen LogP contribution in [0.2, 0.25) is 0 Å². The average Bonchev–Trinajstić information content (AvgIpc) is 3.44. The molecule has 148 valence electrons. The number of imidazole rings is 1. The van der Waals surface area contributed by atoms with E-state index >= 15 is 0 Å². The maximum Gasteiger partial charge on any atom is 0.292 e. The van der Waals surface area contributed by atoms with Gasteiger partial charge in [0.25, 0.3) is 12.3 Å². The number of hydrogen-bond donors (Lipinski definition) is 1. The second-order valence-corrected chi connectivity index (χ2v) is 6.54. The van der Waals surface area contributed by atoms with Crippen molar-refractivity contribution < 1.29 is 22.4 Å². The van der Waals surface area contributed by atoms with Gasteiger partial charge in [0, 0.05) is 18.7 Å². The van der Waals surface area contributed by atoms with Crippen molar-refractivity contribution in [2.45, 2.75) is 18.9 Å². The molecule has 5 rings (SSSR count). The van der Waals surface area contributed by atoms with Gasteiger partial charge >= 0.3 is 0 Å². The average molecular weight is 402 g/mol. The van der Waals surface area contributed by atoms with Gasteiger partial charge in [0.2, 0.25) is 11.7 Å². The molecular formula is C18H13F3N6O2. The zero-order valence-electron chi connectivity index (χ0n) is 14.7. The Balaban J connectivity index is 1.63. The van der Waals surface area contributed by atoms with Crippen molar-refractivity contribution in [3.8, 4) is 0 Å². The molecule has 11 heteroatoms. The molecule has 0 bridgehead atoms. The molecule has 0 saturated heterocycles. The molecule has 0 spiro atoms. The van der Waals surface area contributed by atoms with E-state index in [1.54, 1.807) is 18.2 Å². The van der Waals surface area contributed by atoms with Crippen molar-refractivity contribution in [3.63, 3.8) is 0 Å². The monoisotopic (exact) mass is 402 g/mol. The Bertz CT molecular complexity index is 1210. The topological polar surface area (TPSA) is 92.3 Å². The Morgan fingerprint density at radius 3 is 2.97 bits per heavy atom.